The summed E-state index contributed by atoms with van der Waals surface area (Å²) in [4.78, 5) is 17.0. The molecule has 2 heterocycles. The number of piperazine rings is 1. The molecule has 2 fully saturated rings. The highest BCUT2D eigenvalue weighted by Crippen LogP contribution is 2.19. The molecule has 3 rings (SSSR count). The molecule has 2 saturated heterocycles. The Bertz CT molecular complexity index is 520. The van der Waals surface area contributed by atoms with Crippen LogP contribution in [-0.2, 0) is 11.2 Å². The number of hydrogen-bond acceptors (Lipinski definition) is 4. The zero-order valence-electron chi connectivity index (χ0n) is 13.7. The Hall–Kier alpha value is -1.30. The molecule has 6 heteroatoms. The molecule has 0 saturated carbocycles. The number of nitrogens with zero attached hydrogens (tertiary/aromatic N) is 2. The fourth-order valence-electron chi connectivity index (χ4n) is 3.38. The number of likely N-dealkylation sites (tertiary alicyclic amines) is 1. The molecule has 23 heavy (non-hydrogen) atoms. The van der Waals surface area contributed by atoms with Crippen LogP contribution in [0.1, 0.15) is 12.0 Å². The van der Waals surface area contributed by atoms with E-state index in [1.54, 1.807) is 7.11 Å². The van der Waals surface area contributed by atoms with E-state index < -0.39 is 0 Å². The van der Waals surface area contributed by atoms with Crippen molar-refractivity contribution in [1.82, 2.24) is 15.1 Å². The number of methoxy groups -OCH3 is 1. The van der Waals surface area contributed by atoms with Gasteiger partial charge in [0, 0.05) is 45.3 Å². The van der Waals surface area contributed by atoms with Crippen molar-refractivity contribution >= 4 is 18.3 Å². The van der Waals surface area contributed by atoms with E-state index in [0.29, 0.717) is 12.5 Å². The second-order valence-corrected chi connectivity index (χ2v) is 6.10. The molecule has 0 bridgehead atoms. The lowest BCUT2D eigenvalue weighted by atomic mass is 10.1. The fourth-order valence-corrected chi connectivity index (χ4v) is 3.38. The third-order valence-corrected chi connectivity index (χ3v) is 4.67. The van der Waals surface area contributed by atoms with Crippen LogP contribution in [0.25, 0.3) is 0 Å². The van der Waals surface area contributed by atoms with E-state index in [4.69, 9.17) is 4.74 Å². The predicted molar refractivity (Wildman–Crippen MR) is 93.4 cm³/mol. The van der Waals surface area contributed by atoms with Gasteiger partial charge in [-0.3, -0.25) is 9.69 Å². The normalized spacial score (nSPS) is 21.8. The van der Waals surface area contributed by atoms with Gasteiger partial charge in [0.25, 0.3) is 0 Å². The zero-order chi connectivity index (χ0) is 15.4. The number of hydrogen-bond donors (Lipinski definition) is 1. The van der Waals surface area contributed by atoms with Gasteiger partial charge in [0.2, 0.25) is 5.91 Å². The van der Waals surface area contributed by atoms with Crippen LogP contribution in [0, 0.1) is 0 Å². The topological polar surface area (TPSA) is 44.8 Å². The molecule has 1 unspecified atom stereocenters. The third-order valence-electron chi connectivity index (χ3n) is 4.67. The maximum absolute atomic E-state index is 12.5. The molecular formula is C17H26ClN3O2. The van der Waals surface area contributed by atoms with E-state index in [2.05, 4.69) is 10.2 Å². The van der Waals surface area contributed by atoms with Gasteiger partial charge < -0.3 is 15.0 Å². The molecule has 0 radical (unpaired) electrons. The van der Waals surface area contributed by atoms with Crippen LogP contribution in [0.4, 0.5) is 0 Å². The molecule has 1 N–H and O–H groups in total. The summed E-state index contributed by atoms with van der Waals surface area (Å²) in [5.74, 6) is 1.04. The first-order valence-electron chi connectivity index (χ1n) is 8.12. The number of nitrogens with one attached hydrogen (secondary N) is 1. The molecule has 1 aromatic carbocycles. The molecule has 1 atom stereocenters. The van der Waals surface area contributed by atoms with Crippen molar-refractivity contribution in [2.75, 3.05) is 46.4 Å². The first kappa shape index (κ1) is 18.0. The largest absolute Gasteiger partial charge is 0.497 e. The van der Waals surface area contributed by atoms with Crippen molar-refractivity contribution in [3.8, 4) is 5.75 Å². The molecular weight excluding hydrogens is 314 g/mol. The lowest BCUT2D eigenvalue weighted by molar-refractivity contribution is -0.129. The summed E-state index contributed by atoms with van der Waals surface area (Å²) in [5, 5.41) is 3.38. The molecule has 128 valence electrons. The first-order valence-corrected chi connectivity index (χ1v) is 8.12. The Morgan fingerprint density at radius 3 is 2.83 bits per heavy atom. The van der Waals surface area contributed by atoms with Crippen molar-refractivity contribution in [3.05, 3.63) is 29.8 Å². The molecule has 1 aromatic rings. The third kappa shape index (κ3) is 4.59. The summed E-state index contributed by atoms with van der Waals surface area (Å²) in [7, 11) is 1.65. The summed E-state index contributed by atoms with van der Waals surface area (Å²) in [6.07, 6.45) is 1.56. The first-order chi connectivity index (χ1) is 10.8. The van der Waals surface area contributed by atoms with Crippen molar-refractivity contribution in [2.45, 2.75) is 18.9 Å². The van der Waals surface area contributed by atoms with E-state index in [9.17, 15) is 4.79 Å². The second-order valence-electron chi connectivity index (χ2n) is 6.10. The number of benzene rings is 1. The summed E-state index contributed by atoms with van der Waals surface area (Å²) in [6, 6.07) is 8.32. The van der Waals surface area contributed by atoms with Gasteiger partial charge in [0.05, 0.1) is 13.5 Å². The molecule has 0 aromatic heterocycles. The summed E-state index contributed by atoms with van der Waals surface area (Å²) >= 11 is 0. The van der Waals surface area contributed by atoms with Gasteiger partial charge in [0.15, 0.2) is 0 Å². The number of ether oxygens (including phenoxy) is 1. The number of amides is 1. The fraction of sp³-hybridized carbons (Fsp3) is 0.588. The van der Waals surface area contributed by atoms with Crippen LogP contribution in [0.5, 0.6) is 5.75 Å². The average molecular weight is 340 g/mol. The minimum atomic E-state index is 0. The van der Waals surface area contributed by atoms with Crippen LogP contribution < -0.4 is 10.1 Å². The Labute approximate surface area is 144 Å². The number of carbonyl (C=O) groups is 1. The molecule has 2 aliphatic heterocycles. The summed E-state index contributed by atoms with van der Waals surface area (Å²) in [6.45, 7) is 6.09. The molecule has 0 spiro atoms. The van der Waals surface area contributed by atoms with Crippen molar-refractivity contribution < 1.29 is 9.53 Å². The maximum atomic E-state index is 12.5. The highest BCUT2D eigenvalue weighted by Gasteiger charge is 2.30. The van der Waals surface area contributed by atoms with E-state index in [-0.39, 0.29) is 18.3 Å². The number of rotatable bonds is 4. The van der Waals surface area contributed by atoms with Crippen LogP contribution in [0.2, 0.25) is 0 Å². The van der Waals surface area contributed by atoms with Crippen LogP contribution in [-0.4, -0.2) is 68.1 Å². The smallest absolute Gasteiger partial charge is 0.227 e. The second kappa shape index (κ2) is 8.52. The Balaban J connectivity index is 0.00000192. The standard InChI is InChI=1S/C17H25N3O2.ClH/c1-22-16-4-2-3-14(11-16)12-17(21)20-8-5-15(13-20)19-9-6-18-7-10-19;/h2-4,11,15,18H,5-10,12-13H2,1H3;1H. The van der Waals surface area contributed by atoms with E-state index in [1.165, 1.54) is 0 Å². The van der Waals surface area contributed by atoms with Gasteiger partial charge in [-0.15, -0.1) is 12.4 Å². The maximum Gasteiger partial charge on any atom is 0.227 e. The van der Waals surface area contributed by atoms with Gasteiger partial charge >= 0.3 is 0 Å². The van der Waals surface area contributed by atoms with Crippen LogP contribution >= 0.6 is 12.4 Å². The Kier molecular flexibility index (Phi) is 6.69. The van der Waals surface area contributed by atoms with Crippen molar-refractivity contribution in [1.29, 1.82) is 0 Å². The van der Waals surface area contributed by atoms with Gasteiger partial charge in [-0.2, -0.15) is 0 Å². The van der Waals surface area contributed by atoms with Gasteiger partial charge in [0.1, 0.15) is 5.75 Å². The predicted octanol–water partition coefficient (Wildman–Crippen LogP) is 1.17. The Morgan fingerprint density at radius 1 is 1.30 bits per heavy atom. The highest BCUT2D eigenvalue weighted by atomic mass is 35.5. The SMILES string of the molecule is COc1cccc(CC(=O)N2CCC(N3CCNCC3)C2)c1.Cl. The van der Waals surface area contributed by atoms with Crippen LogP contribution in [0.3, 0.4) is 0 Å². The lowest BCUT2D eigenvalue weighted by Gasteiger charge is -2.32. The monoisotopic (exact) mass is 339 g/mol. The minimum absolute atomic E-state index is 0. The zero-order valence-corrected chi connectivity index (χ0v) is 14.5. The minimum Gasteiger partial charge on any atom is -0.497 e. The van der Waals surface area contributed by atoms with Gasteiger partial charge in [-0.1, -0.05) is 12.1 Å². The summed E-state index contributed by atoms with van der Waals surface area (Å²) < 4.78 is 5.22. The molecule has 0 aliphatic carbocycles. The Morgan fingerprint density at radius 2 is 2.09 bits per heavy atom. The van der Waals surface area contributed by atoms with E-state index in [1.807, 2.05) is 29.2 Å². The average Bonchev–Trinajstić information content (AvgIpc) is 3.06. The number of halogens is 1. The summed E-state index contributed by atoms with van der Waals surface area (Å²) in [5.41, 5.74) is 1.02. The van der Waals surface area contributed by atoms with Crippen LogP contribution in [0.15, 0.2) is 24.3 Å². The van der Waals surface area contributed by atoms with Crippen molar-refractivity contribution in [2.24, 2.45) is 0 Å². The number of carbonyl (C=O) groups excluding carboxylic acids is 1. The molecule has 5 nitrogen and oxygen atoms in total. The molecule has 1 amide bonds. The van der Waals surface area contributed by atoms with E-state index >= 15 is 0 Å². The quantitative estimate of drug-likeness (QED) is 0.894. The van der Waals surface area contributed by atoms with Crippen molar-refractivity contribution in [3.63, 3.8) is 0 Å². The highest BCUT2D eigenvalue weighted by molar-refractivity contribution is 5.85. The lowest BCUT2D eigenvalue weighted by Crippen LogP contribution is -2.49. The van der Waals surface area contributed by atoms with Gasteiger partial charge in [-0.05, 0) is 24.1 Å². The molecule has 2 aliphatic rings. The van der Waals surface area contributed by atoms with E-state index in [0.717, 1.165) is 57.0 Å². The van der Waals surface area contributed by atoms with Gasteiger partial charge in [-0.25, -0.2) is 0 Å².